The van der Waals surface area contributed by atoms with Crippen molar-refractivity contribution in [3.63, 3.8) is 0 Å². The molecular formula is C22H23NO4S. The summed E-state index contributed by atoms with van der Waals surface area (Å²) in [4.78, 5) is 15.9. The third-order valence-electron chi connectivity index (χ3n) is 4.25. The van der Waals surface area contributed by atoms with Gasteiger partial charge in [-0.05, 0) is 36.6 Å². The van der Waals surface area contributed by atoms with Gasteiger partial charge in [0, 0.05) is 0 Å². The van der Waals surface area contributed by atoms with Gasteiger partial charge in [0.05, 0.1) is 11.3 Å². The minimum absolute atomic E-state index is 0.249. The zero-order chi connectivity index (χ0) is 20.1. The molecule has 1 heterocycles. The molecule has 5 nitrogen and oxygen atoms in total. The lowest BCUT2D eigenvalue weighted by atomic mass is 10.0. The second-order valence-electron chi connectivity index (χ2n) is 6.62. The fourth-order valence-corrected chi connectivity index (χ4v) is 3.81. The molecule has 146 valence electrons. The number of nitrogens with zero attached hydrogens (tertiary/aromatic N) is 1. The summed E-state index contributed by atoms with van der Waals surface area (Å²) in [6.07, 6.45) is 0. The molecule has 0 atom stereocenters. The number of carbonyl (C=O) groups is 1. The molecule has 0 amide bonds. The lowest BCUT2D eigenvalue weighted by Gasteiger charge is -2.15. The normalized spacial score (nSPS) is 10.9. The van der Waals surface area contributed by atoms with Crippen molar-refractivity contribution in [2.45, 2.75) is 26.7 Å². The highest BCUT2D eigenvalue weighted by Gasteiger charge is 2.17. The summed E-state index contributed by atoms with van der Waals surface area (Å²) in [6.45, 7) is 6.76. The summed E-state index contributed by atoms with van der Waals surface area (Å²) in [5, 5.41) is 9.90. The van der Waals surface area contributed by atoms with Crippen LogP contribution in [0, 0.1) is 6.92 Å². The number of hydrogen-bond donors (Lipinski definition) is 1. The minimum atomic E-state index is -0.961. The van der Waals surface area contributed by atoms with E-state index in [9.17, 15) is 9.90 Å². The molecule has 1 N–H and O–H groups in total. The number of aromatic nitrogens is 1. The van der Waals surface area contributed by atoms with Gasteiger partial charge < -0.3 is 14.6 Å². The molecule has 0 saturated heterocycles. The highest BCUT2D eigenvalue weighted by atomic mass is 32.1. The minimum Gasteiger partial charge on any atom is -0.490 e. The number of para-hydroxylation sites is 2. The predicted octanol–water partition coefficient (Wildman–Crippen LogP) is 5.40. The number of rotatable bonds is 8. The third-order valence-corrected chi connectivity index (χ3v) is 5.43. The number of benzene rings is 2. The van der Waals surface area contributed by atoms with Crippen molar-refractivity contribution >= 4 is 17.3 Å². The van der Waals surface area contributed by atoms with Gasteiger partial charge in [0.2, 0.25) is 0 Å². The fourth-order valence-electron chi connectivity index (χ4n) is 2.87. The molecule has 3 aromatic rings. The Kier molecular flexibility index (Phi) is 6.31. The van der Waals surface area contributed by atoms with Gasteiger partial charge in [0.15, 0.2) is 0 Å². The van der Waals surface area contributed by atoms with Crippen molar-refractivity contribution in [2.24, 2.45) is 0 Å². The van der Waals surface area contributed by atoms with E-state index >= 15 is 0 Å². The third kappa shape index (κ3) is 4.51. The second-order valence-corrected chi connectivity index (χ2v) is 7.62. The zero-order valence-corrected chi connectivity index (χ0v) is 17.0. The summed E-state index contributed by atoms with van der Waals surface area (Å²) in [6, 6.07) is 15.5. The topological polar surface area (TPSA) is 68.7 Å². The van der Waals surface area contributed by atoms with Crippen molar-refractivity contribution in [2.75, 3.05) is 13.2 Å². The number of carboxylic acids is 1. The van der Waals surface area contributed by atoms with E-state index in [0.29, 0.717) is 35.6 Å². The largest absolute Gasteiger partial charge is 0.490 e. The SMILES string of the molecule is Cc1nc(-c2ccccc2OCCOc2ccccc2C(C)C)sc1C(=O)O. The van der Waals surface area contributed by atoms with Gasteiger partial charge in [-0.1, -0.05) is 44.2 Å². The van der Waals surface area contributed by atoms with Crippen molar-refractivity contribution in [1.82, 2.24) is 4.98 Å². The molecule has 0 bridgehead atoms. The molecule has 0 aliphatic carbocycles. The van der Waals surface area contributed by atoms with E-state index in [4.69, 9.17) is 9.47 Å². The molecule has 3 rings (SSSR count). The molecule has 0 saturated carbocycles. The van der Waals surface area contributed by atoms with Crippen molar-refractivity contribution < 1.29 is 19.4 Å². The van der Waals surface area contributed by atoms with E-state index < -0.39 is 5.97 Å². The molecule has 0 radical (unpaired) electrons. The van der Waals surface area contributed by atoms with Crippen LogP contribution < -0.4 is 9.47 Å². The van der Waals surface area contributed by atoms with Gasteiger partial charge in [-0.3, -0.25) is 0 Å². The van der Waals surface area contributed by atoms with Crippen LogP contribution in [0.2, 0.25) is 0 Å². The molecule has 0 aliphatic heterocycles. The monoisotopic (exact) mass is 397 g/mol. The molecule has 0 fully saturated rings. The van der Waals surface area contributed by atoms with E-state index in [1.807, 2.05) is 42.5 Å². The Morgan fingerprint density at radius 3 is 2.29 bits per heavy atom. The summed E-state index contributed by atoms with van der Waals surface area (Å²) < 4.78 is 11.8. The standard InChI is InChI=1S/C22H23NO4S/c1-14(2)16-8-4-6-10-18(16)26-12-13-27-19-11-7-5-9-17(19)21-23-15(3)20(28-21)22(24)25/h4-11,14H,12-13H2,1-3H3,(H,24,25). The molecule has 1 aromatic heterocycles. The van der Waals surface area contributed by atoms with Crippen LogP contribution in [0.25, 0.3) is 10.6 Å². The first kappa shape index (κ1) is 19.9. The quantitative estimate of drug-likeness (QED) is 0.516. The van der Waals surface area contributed by atoms with E-state index in [-0.39, 0.29) is 4.88 Å². The van der Waals surface area contributed by atoms with Gasteiger partial charge in [0.25, 0.3) is 0 Å². The predicted molar refractivity (Wildman–Crippen MR) is 111 cm³/mol. The van der Waals surface area contributed by atoms with Crippen molar-refractivity contribution in [1.29, 1.82) is 0 Å². The summed E-state index contributed by atoms with van der Waals surface area (Å²) in [5.74, 6) is 0.955. The van der Waals surface area contributed by atoms with Gasteiger partial charge >= 0.3 is 5.97 Å². The van der Waals surface area contributed by atoms with E-state index in [1.165, 1.54) is 5.56 Å². The highest BCUT2D eigenvalue weighted by Crippen LogP contribution is 2.34. The van der Waals surface area contributed by atoms with Gasteiger partial charge in [0.1, 0.15) is 34.6 Å². The average molecular weight is 397 g/mol. The van der Waals surface area contributed by atoms with Gasteiger partial charge in [-0.25, -0.2) is 9.78 Å². The Labute approximate surface area is 168 Å². The van der Waals surface area contributed by atoms with Crippen molar-refractivity contribution in [3.05, 3.63) is 64.7 Å². The first-order valence-corrected chi connectivity index (χ1v) is 9.93. The lowest BCUT2D eigenvalue weighted by molar-refractivity contribution is 0.0701. The first-order chi connectivity index (χ1) is 13.5. The molecule has 2 aromatic carbocycles. The Morgan fingerprint density at radius 1 is 1.04 bits per heavy atom. The smallest absolute Gasteiger partial charge is 0.347 e. The molecule has 6 heteroatoms. The number of carboxylic acid groups (broad SMARTS) is 1. The van der Waals surface area contributed by atoms with Gasteiger partial charge in [-0.15, -0.1) is 11.3 Å². The van der Waals surface area contributed by atoms with Crippen LogP contribution in [-0.2, 0) is 0 Å². The number of hydrogen-bond acceptors (Lipinski definition) is 5. The van der Waals surface area contributed by atoms with E-state index in [1.54, 1.807) is 6.92 Å². The maximum atomic E-state index is 11.3. The molecule has 0 spiro atoms. The van der Waals surface area contributed by atoms with Crippen LogP contribution in [0.1, 0.15) is 40.7 Å². The Balaban J connectivity index is 1.68. The Morgan fingerprint density at radius 2 is 1.64 bits per heavy atom. The fraction of sp³-hybridized carbons (Fsp3) is 0.273. The number of ether oxygens (including phenoxy) is 2. The molecule has 28 heavy (non-hydrogen) atoms. The molecule has 0 unspecified atom stereocenters. The average Bonchev–Trinajstić information content (AvgIpc) is 3.07. The van der Waals surface area contributed by atoms with E-state index in [0.717, 1.165) is 22.6 Å². The van der Waals surface area contributed by atoms with Crippen LogP contribution >= 0.6 is 11.3 Å². The molecular weight excluding hydrogens is 374 g/mol. The zero-order valence-electron chi connectivity index (χ0n) is 16.1. The first-order valence-electron chi connectivity index (χ1n) is 9.12. The van der Waals surface area contributed by atoms with Crippen molar-refractivity contribution in [3.8, 4) is 22.1 Å². The Bertz CT molecular complexity index is 965. The Hall–Kier alpha value is -2.86. The number of aromatic carboxylic acids is 1. The summed E-state index contributed by atoms with van der Waals surface area (Å²) in [7, 11) is 0. The van der Waals surface area contributed by atoms with Crippen LogP contribution in [0.15, 0.2) is 48.5 Å². The highest BCUT2D eigenvalue weighted by molar-refractivity contribution is 7.17. The van der Waals surface area contributed by atoms with Crippen LogP contribution in [-0.4, -0.2) is 29.3 Å². The number of aryl methyl sites for hydroxylation is 1. The summed E-state index contributed by atoms with van der Waals surface area (Å²) >= 11 is 1.15. The van der Waals surface area contributed by atoms with Crippen LogP contribution in [0.5, 0.6) is 11.5 Å². The maximum absolute atomic E-state index is 11.3. The van der Waals surface area contributed by atoms with Crippen LogP contribution in [0.3, 0.4) is 0 Å². The van der Waals surface area contributed by atoms with Crippen LogP contribution in [0.4, 0.5) is 0 Å². The van der Waals surface area contributed by atoms with Gasteiger partial charge in [-0.2, -0.15) is 0 Å². The van der Waals surface area contributed by atoms with E-state index in [2.05, 4.69) is 24.9 Å². The molecule has 0 aliphatic rings. The maximum Gasteiger partial charge on any atom is 0.347 e. The summed E-state index contributed by atoms with van der Waals surface area (Å²) in [5.41, 5.74) is 2.46. The number of thiazole rings is 1. The second kappa shape index (κ2) is 8.89. The lowest BCUT2D eigenvalue weighted by Crippen LogP contribution is -2.10.